The predicted octanol–water partition coefficient (Wildman–Crippen LogP) is 2.16. The first-order valence-corrected chi connectivity index (χ1v) is 6.66. The lowest BCUT2D eigenvalue weighted by Crippen LogP contribution is -2.39. The lowest BCUT2D eigenvalue weighted by atomic mass is 10.0. The van der Waals surface area contributed by atoms with E-state index in [-0.39, 0.29) is 11.7 Å². The number of aldehydes is 1. The minimum absolute atomic E-state index is 0.0421. The molecule has 0 aliphatic carbocycles. The van der Waals surface area contributed by atoms with E-state index in [0.717, 1.165) is 37.7 Å². The molecule has 1 aromatic carbocycles. The van der Waals surface area contributed by atoms with E-state index >= 15 is 0 Å². The second-order valence-electron chi connectivity index (χ2n) is 4.92. The maximum Gasteiger partial charge on any atom is 0.270 e. The highest BCUT2D eigenvalue weighted by Gasteiger charge is 2.23. The number of nitro groups is 1. The van der Waals surface area contributed by atoms with Crippen LogP contribution in [0.5, 0.6) is 5.75 Å². The number of carbonyl (C=O) groups is 1. The van der Waals surface area contributed by atoms with Crippen LogP contribution in [0.2, 0.25) is 0 Å². The van der Waals surface area contributed by atoms with Gasteiger partial charge in [0, 0.05) is 24.2 Å². The third-order valence-corrected chi connectivity index (χ3v) is 3.67. The third-order valence-electron chi connectivity index (χ3n) is 3.67. The van der Waals surface area contributed by atoms with Crippen LogP contribution in [-0.2, 0) is 11.3 Å². The summed E-state index contributed by atoms with van der Waals surface area (Å²) >= 11 is 0. The highest BCUT2D eigenvalue weighted by atomic mass is 16.6. The highest BCUT2D eigenvalue weighted by molar-refractivity contribution is 5.58. The monoisotopic (exact) mass is 278 g/mol. The molecule has 1 aromatic rings. The number of hydrogen-bond donors (Lipinski definition) is 0. The summed E-state index contributed by atoms with van der Waals surface area (Å²) in [5.41, 5.74) is 0.788. The van der Waals surface area contributed by atoms with Gasteiger partial charge in [-0.15, -0.1) is 0 Å². The summed E-state index contributed by atoms with van der Waals surface area (Å²) in [5, 5.41) is 10.9. The summed E-state index contributed by atoms with van der Waals surface area (Å²) in [6.45, 7) is 1.32. The van der Waals surface area contributed by atoms with Crippen LogP contribution in [0.15, 0.2) is 18.2 Å². The van der Waals surface area contributed by atoms with Crippen molar-refractivity contribution >= 4 is 12.0 Å². The van der Waals surface area contributed by atoms with Gasteiger partial charge in [0.25, 0.3) is 5.69 Å². The average molecular weight is 278 g/mol. The van der Waals surface area contributed by atoms with Crippen molar-refractivity contribution in [3.05, 3.63) is 33.9 Å². The molecule has 0 aromatic heterocycles. The lowest BCUT2D eigenvalue weighted by molar-refractivity contribution is -0.385. The Morgan fingerprint density at radius 2 is 2.30 bits per heavy atom. The first-order chi connectivity index (χ1) is 9.65. The topological polar surface area (TPSA) is 72.7 Å². The van der Waals surface area contributed by atoms with Crippen molar-refractivity contribution in [2.45, 2.75) is 31.8 Å². The van der Waals surface area contributed by atoms with Gasteiger partial charge >= 0.3 is 0 Å². The van der Waals surface area contributed by atoms with Crippen LogP contribution >= 0.6 is 0 Å². The molecule has 0 bridgehead atoms. The van der Waals surface area contributed by atoms with E-state index in [4.69, 9.17) is 4.74 Å². The van der Waals surface area contributed by atoms with Gasteiger partial charge in [-0.3, -0.25) is 15.0 Å². The van der Waals surface area contributed by atoms with Crippen molar-refractivity contribution in [3.8, 4) is 5.75 Å². The van der Waals surface area contributed by atoms with Crippen molar-refractivity contribution in [3.63, 3.8) is 0 Å². The molecule has 0 amide bonds. The Hall–Kier alpha value is -1.95. The first kappa shape index (κ1) is 14.5. The molecule has 0 spiro atoms. The number of ether oxygens (including phenoxy) is 1. The van der Waals surface area contributed by atoms with Crippen molar-refractivity contribution in [2.24, 2.45) is 0 Å². The van der Waals surface area contributed by atoms with Crippen molar-refractivity contribution < 1.29 is 14.5 Å². The smallest absolute Gasteiger partial charge is 0.270 e. The molecule has 1 saturated heterocycles. The maximum atomic E-state index is 11.1. The number of carbonyl (C=O) groups excluding carboxylic acids is 1. The van der Waals surface area contributed by atoms with Crippen molar-refractivity contribution in [1.82, 2.24) is 4.90 Å². The Balaban J connectivity index is 2.23. The number of nitrogens with zero attached hydrogens (tertiary/aromatic N) is 2. The SMILES string of the molecule is COc1ccc([N+](=O)[O-])cc1CN1CCCCC1C=O. The van der Waals surface area contributed by atoms with Gasteiger partial charge in [-0.1, -0.05) is 6.42 Å². The highest BCUT2D eigenvalue weighted by Crippen LogP contribution is 2.27. The Morgan fingerprint density at radius 1 is 1.50 bits per heavy atom. The zero-order valence-corrected chi connectivity index (χ0v) is 11.4. The number of piperidine rings is 1. The van der Waals surface area contributed by atoms with Crippen LogP contribution in [0.3, 0.4) is 0 Å². The van der Waals surface area contributed by atoms with Crippen molar-refractivity contribution in [1.29, 1.82) is 0 Å². The van der Waals surface area contributed by atoms with Gasteiger partial charge in [-0.2, -0.15) is 0 Å². The van der Waals surface area contributed by atoms with E-state index in [1.807, 2.05) is 0 Å². The standard InChI is InChI=1S/C14H18N2O4/c1-20-14-6-5-12(16(18)19)8-11(14)9-15-7-3-2-4-13(15)10-17/h5-6,8,10,13H,2-4,7,9H2,1H3. The largest absolute Gasteiger partial charge is 0.496 e. The van der Waals surface area contributed by atoms with E-state index in [1.54, 1.807) is 6.07 Å². The second-order valence-corrected chi connectivity index (χ2v) is 4.92. The first-order valence-electron chi connectivity index (χ1n) is 6.66. The lowest BCUT2D eigenvalue weighted by Gasteiger charge is -2.32. The van der Waals surface area contributed by atoms with Crippen LogP contribution < -0.4 is 4.74 Å². The number of non-ortho nitro benzene ring substituents is 1. The molecule has 20 heavy (non-hydrogen) atoms. The van der Waals surface area contributed by atoms with Crippen LogP contribution in [0.25, 0.3) is 0 Å². The second kappa shape index (κ2) is 6.47. The molecule has 1 aliphatic heterocycles. The van der Waals surface area contributed by atoms with Gasteiger partial charge in [0.1, 0.15) is 12.0 Å². The summed E-state index contributed by atoms with van der Waals surface area (Å²) in [7, 11) is 1.54. The molecule has 108 valence electrons. The fraction of sp³-hybridized carbons (Fsp3) is 0.500. The van der Waals surface area contributed by atoms with Gasteiger partial charge < -0.3 is 9.53 Å². The predicted molar refractivity (Wildman–Crippen MR) is 73.8 cm³/mol. The molecular formula is C14H18N2O4. The van der Waals surface area contributed by atoms with Gasteiger partial charge in [-0.25, -0.2) is 0 Å². The Kier molecular flexibility index (Phi) is 4.68. The fourth-order valence-electron chi connectivity index (χ4n) is 2.59. The van der Waals surface area contributed by atoms with E-state index in [1.165, 1.54) is 19.2 Å². The fourth-order valence-corrected chi connectivity index (χ4v) is 2.59. The van der Waals surface area contributed by atoms with E-state index in [2.05, 4.69) is 4.90 Å². The number of rotatable bonds is 5. The Labute approximate surface area is 117 Å². The molecule has 6 heteroatoms. The molecule has 0 saturated carbocycles. The molecule has 1 unspecified atom stereocenters. The minimum atomic E-state index is -0.420. The molecule has 1 aliphatic rings. The van der Waals surface area contributed by atoms with Crippen molar-refractivity contribution in [2.75, 3.05) is 13.7 Å². The van der Waals surface area contributed by atoms with Gasteiger partial charge in [0.15, 0.2) is 0 Å². The molecule has 1 atom stereocenters. The maximum absolute atomic E-state index is 11.1. The van der Waals surface area contributed by atoms with Gasteiger partial charge in [-0.05, 0) is 25.5 Å². The van der Waals surface area contributed by atoms with Gasteiger partial charge in [0.05, 0.1) is 18.1 Å². The Morgan fingerprint density at radius 3 is 2.95 bits per heavy atom. The molecule has 6 nitrogen and oxygen atoms in total. The zero-order valence-electron chi connectivity index (χ0n) is 11.4. The van der Waals surface area contributed by atoms with E-state index in [0.29, 0.717) is 12.3 Å². The molecule has 1 heterocycles. The Bertz CT molecular complexity index is 504. The van der Waals surface area contributed by atoms with Crippen LogP contribution in [0.4, 0.5) is 5.69 Å². The molecule has 0 N–H and O–H groups in total. The zero-order chi connectivity index (χ0) is 14.5. The normalized spacial score (nSPS) is 19.6. The van der Waals surface area contributed by atoms with E-state index in [9.17, 15) is 14.9 Å². The van der Waals surface area contributed by atoms with Crippen LogP contribution in [0, 0.1) is 10.1 Å². The quantitative estimate of drug-likeness (QED) is 0.469. The van der Waals surface area contributed by atoms with E-state index < -0.39 is 4.92 Å². The molecule has 0 radical (unpaired) electrons. The number of methoxy groups -OCH3 is 1. The summed E-state index contributed by atoms with van der Waals surface area (Å²) in [6, 6.07) is 4.45. The number of likely N-dealkylation sites (tertiary alicyclic amines) is 1. The van der Waals surface area contributed by atoms with Crippen LogP contribution in [-0.4, -0.2) is 35.8 Å². The minimum Gasteiger partial charge on any atom is -0.496 e. The summed E-state index contributed by atoms with van der Waals surface area (Å²) in [4.78, 5) is 23.6. The number of benzene rings is 1. The number of hydrogen-bond acceptors (Lipinski definition) is 5. The average Bonchev–Trinajstić information content (AvgIpc) is 2.47. The summed E-state index contributed by atoms with van der Waals surface area (Å²) in [5.74, 6) is 0.617. The molecule has 1 fully saturated rings. The summed E-state index contributed by atoms with van der Waals surface area (Å²) < 4.78 is 5.25. The molecule has 2 rings (SSSR count). The van der Waals surface area contributed by atoms with Crippen LogP contribution in [0.1, 0.15) is 24.8 Å². The summed E-state index contributed by atoms with van der Waals surface area (Å²) in [6.07, 6.45) is 3.90. The third kappa shape index (κ3) is 3.14. The molecular weight excluding hydrogens is 260 g/mol. The van der Waals surface area contributed by atoms with Gasteiger partial charge in [0.2, 0.25) is 0 Å². The number of nitro benzene ring substituents is 1.